The van der Waals surface area contributed by atoms with Gasteiger partial charge in [-0.2, -0.15) is 0 Å². The van der Waals surface area contributed by atoms with Crippen LogP contribution in [0.3, 0.4) is 0 Å². The van der Waals surface area contributed by atoms with Crippen LogP contribution in [0.2, 0.25) is 0 Å². The highest BCUT2D eigenvalue weighted by Gasteiger charge is 2.27. The molecule has 4 heteroatoms. The summed E-state index contributed by atoms with van der Waals surface area (Å²) in [7, 11) is 0. The molecule has 0 saturated carbocycles. The molecule has 2 heterocycles. The topological polar surface area (TPSA) is 25.8 Å². The Balaban J connectivity index is 1.33. The summed E-state index contributed by atoms with van der Waals surface area (Å²) in [6, 6.07) is 62.1. The van der Waals surface area contributed by atoms with Crippen LogP contribution in [0.15, 0.2) is 170 Å². The number of rotatable bonds is 5. The first-order valence-electron chi connectivity index (χ1n) is 19.0. The molecule has 0 amide bonds. The lowest BCUT2D eigenvalue weighted by Crippen LogP contribution is -1.97. The van der Waals surface area contributed by atoms with Gasteiger partial charge in [0.1, 0.15) is 10.0 Å². The van der Waals surface area contributed by atoms with Crippen LogP contribution in [0, 0.1) is 13.8 Å². The Morgan fingerprint density at radius 3 is 1.21 bits per heavy atom. The molecule has 0 bridgehead atoms. The lowest BCUT2D eigenvalue weighted by molar-refractivity contribution is 1.45. The Hall–Kier alpha value is -6.46. The highest BCUT2D eigenvalue weighted by Crippen LogP contribution is 2.54. The predicted octanol–water partition coefficient (Wildman–Crippen LogP) is 15.3. The summed E-state index contributed by atoms with van der Waals surface area (Å²) in [5, 5.41) is 9.40. The molecule has 0 N–H and O–H groups in total. The zero-order valence-corrected chi connectivity index (χ0v) is 32.5. The molecule has 11 rings (SSSR count). The lowest BCUT2D eigenvalue weighted by Gasteiger charge is -2.24. The summed E-state index contributed by atoms with van der Waals surface area (Å²) >= 11 is 3.55. The fraction of sp³-hybridized carbons (Fsp3) is 0.0385. The van der Waals surface area contributed by atoms with Crippen LogP contribution in [-0.4, -0.2) is 9.97 Å². The van der Waals surface area contributed by atoms with E-state index in [1.54, 1.807) is 22.7 Å². The highest BCUT2D eigenvalue weighted by atomic mass is 32.1. The molecule has 0 saturated heterocycles. The van der Waals surface area contributed by atoms with E-state index in [1.165, 1.54) is 91.8 Å². The SMILES string of the molecule is Cc1ccc2nc(-c3ccc(-c4c5ccccc5c(-c5nc6ccc(C)cc6s5)c5c(-c6ccccc6)c6ccccc6c(-c6ccccc6)c45)cc3)sc2c1. The molecule has 2 nitrogen and oxygen atoms in total. The van der Waals surface area contributed by atoms with Crippen molar-refractivity contribution in [3.05, 3.63) is 181 Å². The number of hydrogen-bond acceptors (Lipinski definition) is 4. The van der Waals surface area contributed by atoms with E-state index in [0.29, 0.717) is 0 Å². The molecule has 56 heavy (non-hydrogen) atoms. The minimum Gasteiger partial charge on any atom is -0.236 e. The molecular weight excluding hydrogens is 717 g/mol. The molecule has 0 radical (unpaired) electrons. The molecule has 0 spiro atoms. The molecule has 0 unspecified atom stereocenters. The van der Waals surface area contributed by atoms with Crippen LogP contribution >= 0.6 is 22.7 Å². The molecule has 0 aliphatic rings. The fourth-order valence-corrected chi connectivity index (χ4v) is 10.7. The Kier molecular flexibility index (Phi) is 7.70. The van der Waals surface area contributed by atoms with Crippen molar-refractivity contribution in [2.24, 2.45) is 0 Å². The van der Waals surface area contributed by atoms with Gasteiger partial charge in [-0.05, 0) is 110 Å². The van der Waals surface area contributed by atoms with Gasteiger partial charge in [-0.25, -0.2) is 9.97 Å². The second-order valence-electron chi connectivity index (χ2n) is 14.6. The quantitative estimate of drug-likeness (QED) is 0.164. The zero-order chi connectivity index (χ0) is 37.3. The third kappa shape index (κ3) is 5.29. The highest BCUT2D eigenvalue weighted by molar-refractivity contribution is 7.22. The van der Waals surface area contributed by atoms with E-state index >= 15 is 0 Å². The van der Waals surface area contributed by atoms with Crippen LogP contribution in [0.1, 0.15) is 11.1 Å². The van der Waals surface area contributed by atoms with Crippen molar-refractivity contribution in [3.8, 4) is 54.5 Å². The Morgan fingerprint density at radius 1 is 0.339 bits per heavy atom. The van der Waals surface area contributed by atoms with E-state index in [-0.39, 0.29) is 0 Å². The van der Waals surface area contributed by atoms with Gasteiger partial charge in [-0.15, -0.1) is 22.7 Å². The first kappa shape index (κ1) is 32.9. The molecule has 0 fully saturated rings. The van der Waals surface area contributed by atoms with Crippen LogP contribution in [0.25, 0.3) is 107 Å². The van der Waals surface area contributed by atoms with Gasteiger partial charge < -0.3 is 0 Å². The summed E-state index contributed by atoms with van der Waals surface area (Å²) in [4.78, 5) is 10.5. The normalized spacial score (nSPS) is 11.8. The van der Waals surface area contributed by atoms with Crippen molar-refractivity contribution < 1.29 is 0 Å². The summed E-state index contributed by atoms with van der Waals surface area (Å²) in [5.74, 6) is 0. The molecule has 264 valence electrons. The second kappa shape index (κ2) is 13.1. The van der Waals surface area contributed by atoms with Crippen molar-refractivity contribution in [3.63, 3.8) is 0 Å². The van der Waals surface area contributed by atoms with Gasteiger partial charge in [0.05, 0.1) is 20.4 Å². The van der Waals surface area contributed by atoms with E-state index in [2.05, 4.69) is 184 Å². The monoisotopic (exact) mass is 750 g/mol. The van der Waals surface area contributed by atoms with E-state index in [0.717, 1.165) is 26.6 Å². The minimum atomic E-state index is 1.03. The minimum absolute atomic E-state index is 1.03. The van der Waals surface area contributed by atoms with Crippen molar-refractivity contribution >= 4 is 75.4 Å². The molecule has 2 aromatic heterocycles. The van der Waals surface area contributed by atoms with E-state index in [1.807, 2.05) is 0 Å². The molecular formula is C52H34N2S2. The van der Waals surface area contributed by atoms with Gasteiger partial charge in [0, 0.05) is 16.5 Å². The largest absolute Gasteiger partial charge is 0.236 e. The van der Waals surface area contributed by atoms with Crippen molar-refractivity contribution in [2.75, 3.05) is 0 Å². The molecule has 11 aromatic rings. The van der Waals surface area contributed by atoms with Crippen molar-refractivity contribution in [2.45, 2.75) is 13.8 Å². The van der Waals surface area contributed by atoms with Crippen molar-refractivity contribution in [1.82, 2.24) is 9.97 Å². The number of nitrogens with zero attached hydrogens (tertiary/aromatic N) is 2. The van der Waals surface area contributed by atoms with E-state index in [9.17, 15) is 0 Å². The first-order chi connectivity index (χ1) is 27.6. The van der Waals surface area contributed by atoms with Crippen LogP contribution in [0.5, 0.6) is 0 Å². The fourth-order valence-electron chi connectivity index (χ4n) is 8.53. The maximum Gasteiger partial charge on any atom is 0.125 e. The van der Waals surface area contributed by atoms with Gasteiger partial charge >= 0.3 is 0 Å². The molecule has 0 aliphatic heterocycles. The second-order valence-corrected chi connectivity index (χ2v) is 16.7. The first-order valence-corrected chi connectivity index (χ1v) is 20.6. The van der Waals surface area contributed by atoms with E-state index in [4.69, 9.17) is 9.97 Å². The van der Waals surface area contributed by atoms with Gasteiger partial charge in [0.2, 0.25) is 0 Å². The van der Waals surface area contributed by atoms with Gasteiger partial charge in [-0.1, -0.05) is 146 Å². The van der Waals surface area contributed by atoms with Gasteiger partial charge in [-0.3, -0.25) is 0 Å². The maximum absolute atomic E-state index is 5.43. The average molecular weight is 751 g/mol. The molecule has 0 aliphatic carbocycles. The maximum atomic E-state index is 5.43. The lowest BCUT2D eigenvalue weighted by atomic mass is 9.79. The molecule has 0 atom stereocenters. The Morgan fingerprint density at radius 2 is 0.714 bits per heavy atom. The summed E-state index contributed by atoms with van der Waals surface area (Å²) in [6.45, 7) is 4.30. The number of aryl methyl sites for hydroxylation is 2. The van der Waals surface area contributed by atoms with Gasteiger partial charge in [0.15, 0.2) is 0 Å². The van der Waals surface area contributed by atoms with E-state index < -0.39 is 0 Å². The summed E-state index contributed by atoms with van der Waals surface area (Å²) in [5.41, 5.74) is 14.1. The van der Waals surface area contributed by atoms with Crippen LogP contribution in [-0.2, 0) is 0 Å². The third-order valence-electron chi connectivity index (χ3n) is 11.0. The van der Waals surface area contributed by atoms with Gasteiger partial charge in [0.25, 0.3) is 0 Å². The van der Waals surface area contributed by atoms with Crippen LogP contribution in [0.4, 0.5) is 0 Å². The summed E-state index contributed by atoms with van der Waals surface area (Å²) in [6.07, 6.45) is 0. The number of aromatic nitrogens is 2. The third-order valence-corrected chi connectivity index (χ3v) is 13.1. The standard InChI is InChI=1S/C52H34N2S2/c1-31-21-27-41-43(29-31)55-51(53-41)36-25-23-35(24-26-36)47-39-19-11-12-20-40(39)48(52-54-42-28-22-32(2)30-44(42)56-52)50-46(34-15-7-4-8-16-34)38-18-10-9-17-37(38)45(49(47)50)33-13-5-3-6-14-33/h3-30H,1-2H3. The zero-order valence-electron chi connectivity index (χ0n) is 30.9. The Bertz CT molecular complexity index is 3300. The number of fused-ring (bicyclic) bond motifs is 5. The molecule has 9 aromatic carbocycles. The van der Waals surface area contributed by atoms with Crippen molar-refractivity contribution in [1.29, 1.82) is 0 Å². The number of benzene rings is 9. The number of hydrogen-bond donors (Lipinski definition) is 0. The van der Waals surface area contributed by atoms with Crippen LogP contribution < -0.4 is 0 Å². The smallest absolute Gasteiger partial charge is 0.125 e. The summed E-state index contributed by atoms with van der Waals surface area (Å²) < 4.78 is 2.42. The Labute approximate surface area is 333 Å². The predicted molar refractivity (Wildman–Crippen MR) is 242 cm³/mol. The number of thiazole rings is 2. The average Bonchev–Trinajstić information content (AvgIpc) is 3.86.